The number of aliphatic hydroxyl groups is 1. The van der Waals surface area contributed by atoms with Gasteiger partial charge in [-0.05, 0) is 25.0 Å². The molecule has 1 aliphatic carbocycles. The van der Waals surface area contributed by atoms with Gasteiger partial charge in [0.05, 0.1) is 18.4 Å². The first-order chi connectivity index (χ1) is 9.74. The second kappa shape index (κ2) is 5.50. The number of rotatable bonds is 3. The summed E-state index contributed by atoms with van der Waals surface area (Å²) in [4.78, 5) is 12.1. The summed E-state index contributed by atoms with van der Waals surface area (Å²) in [6, 6.07) is 4.78. The zero-order valence-electron chi connectivity index (χ0n) is 10.9. The minimum absolute atomic E-state index is 0.189. The van der Waals surface area contributed by atoms with Crippen molar-refractivity contribution in [3.8, 4) is 11.5 Å². The molecular formula is C14H16N2O4. The highest BCUT2D eigenvalue weighted by Crippen LogP contribution is 2.22. The number of amides is 1. The highest BCUT2D eigenvalue weighted by atomic mass is 16.5. The van der Waals surface area contributed by atoms with E-state index in [1.807, 2.05) is 0 Å². The van der Waals surface area contributed by atoms with E-state index in [0.717, 1.165) is 25.7 Å². The van der Waals surface area contributed by atoms with Crippen molar-refractivity contribution in [2.45, 2.75) is 37.8 Å². The molecule has 1 fully saturated rings. The Morgan fingerprint density at radius 2 is 2.20 bits per heavy atom. The highest BCUT2D eigenvalue weighted by molar-refractivity contribution is 5.93. The van der Waals surface area contributed by atoms with Crippen molar-refractivity contribution in [3.63, 3.8) is 0 Å². The van der Waals surface area contributed by atoms with Gasteiger partial charge in [-0.3, -0.25) is 4.79 Å². The van der Waals surface area contributed by atoms with Crippen LogP contribution in [0.4, 0.5) is 0 Å². The van der Waals surface area contributed by atoms with Crippen molar-refractivity contribution < 1.29 is 18.8 Å². The molecule has 0 spiro atoms. The fourth-order valence-electron chi connectivity index (χ4n) is 2.44. The Balaban J connectivity index is 1.68. The fraction of sp³-hybridized carbons (Fsp3) is 0.429. The van der Waals surface area contributed by atoms with E-state index in [-0.39, 0.29) is 17.6 Å². The average Bonchev–Trinajstić information content (AvgIpc) is 3.11. The van der Waals surface area contributed by atoms with E-state index in [0.29, 0.717) is 11.5 Å². The van der Waals surface area contributed by atoms with Gasteiger partial charge in [-0.1, -0.05) is 18.0 Å². The number of aromatic nitrogens is 1. The number of hydrogen-bond acceptors (Lipinski definition) is 5. The van der Waals surface area contributed by atoms with E-state index in [1.54, 1.807) is 12.1 Å². The maximum atomic E-state index is 12.1. The normalized spacial score (nSPS) is 22.6. The van der Waals surface area contributed by atoms with E-state index in [2.05, 4.69) is 10.5 Å². The molecule has 0 radical (unpaired) electrons. The fourth-order valence-corrected chi connectivity index (χ4v) is 2.44. The van der Waals surface area contributed by atoms with Crippen LogP contribution in [0.25, 0.3) is 11.5 Å². The average molecular weight is 276 g/mol. The molecule has 2 atom stereocenters. The second-order valence-electron chi connectivity index (χ2n) is 4.99. The standard InChI is InChI=1S/C14H16N2O4/c17-11-5-2-1-4-9(11)15-14(18)10-8-13(20-16-10)12-6-3-7-19-12/h3,6-9,11,17H,1-2,4-5H2,(H,15,18)/t9-,11-/m1/s1. The van der Waals surface area contributed by atoms with Crippen molar-refractivity contribution in [2.75, 3.05) is 0 Å². The first kappa shape index (κ1) is 12.9. The molecule has 6 heteroatoms. The Morgan fingerprint density at radius 3 is 2.95 bits per heavy atom. The first-order valence-electron chi connectivity index (χ1n) is 6.73. The van der Waals surface area contributed by atoms with Gasteiger partial charge in [0.15, 0.2) is 11.5 Å². The van der Waals surface area contributed by atoms with E-state index in [1.165, 1.54) is 12.3 Å². The Morgan fingerprint density at radius 1 is 1.35 bits per heavy atom. The van der Waals surface area contributed by atoms with Gasteiger partial charge >= 0.3 is 0 Å². The lowest BCUT2D eigenvalue weighted by Gasteiger charge is -2.27. The third-order valence-electron chi connectivity index (χ3n) is 3.55. The number of nitrogens with zero attached hydrogens (tertiary/aromatic N) is 1. The smallest absolute Gasteiger partial charge is 0.273 e. The van der Waals surface area contributed by atoms with E-state index < -0.39 is 6.10 Å². The monoisotopic (exact) mass is 276 g/mol. The Bertz CT molecular complexity index is 576. The Kier molecular flexibility index (Phi) is 3.56. The summed E-state index contributed by atoms with van der Waals surface area (Å²) in [5.74, 6) is 0.594. The van der Waals surface area contributed by atoms with E-state index >= 15 is 0 Å². The number of carbonyl (C=O) groups is 1. The van der Waals surface area contributed by atoms with Gasteiger partial charge in [-0.15, -0.1) is 0 Å². The lowest BCUT2D eigenvalue weighted by Crippen LogP contribution is -2.45. The molecule has 0 aliphatic heterocycles. The lowest BCUT2D eigenvalue weighted by atomic mass is 9.92. The van der Waals surface area contributed by atoms with Crippen LogP contribution in [0.5, 0.6) is 0 Å². The quantitative estimate of drug-likeness (QED) is 0.894. The van der Waals surface area contributed by atoms with Gasteiger partial charge in [-0.25, -0.2) is 0 Å². The topological polar surface area (TPSA) is 88.5 Å². The van der Waals surface area contributed by atoms with Gasteiger partial charge in [0.1, 0.15) is 0 Å². The molecule has 2 heterocycles. The predicted octanol–water partition coefficient (Wildman–Crippen LogP) is 1.97. The van der Waals surface area contributed by atoms with Crippen molar-refractivity contribution >= 4 is 5.91 Å². The van der Waals surface area contributed by atoms with Crippen LogP contribution in [0.2, 0.25) is 0 Å². The number of hydrogen-bond donors (Lipinski definition) is 2. The molecule has 2 N–H and O–H groups in total. The van der Waals surface area contributed by atoms with Crippen LogP contribution in [0.1, 0.15) is 36.2 Å². The number of nitrogens with one attached hydrogen (secondary N) is 1. The molecule has 20 heavy (non-hydrogen) atoms. The molecule has 6 nitrogen and oxygen atoms in total. The van der Waals surface area contributed by atoms with Gasteiger partial charge in [0, 0.05) is 6.07 Å². The summed E-state index contributed by atoms with van der Waals surface area (Å²) in [7, 11) is 0. The minimum Gasteiger partial charge on any atom is -0.461 e. The SMILES string of the molecule is O=C(N[C@@H]1CCCC[C@H]1O)c1cc(-c2ccco2)on1. The molecule has 1 saturated carbocycles. The van der Waals surface area contributed by atoms with Crippen molar-refractivity contribution in [2.24, 2.45) is 0 Å². The van der Waals surface area contributed by atoms with Gasteiger partial charge in [-0.2, -0.15) is 0 Å². The van der Waals surface area contributed by atoms with Gasteiger partial charge < -0.3 is 19.4 Å². The molecule has 106 valence electrons. The zero-order valence-corrected chi connectivity index (χ0v) is 10.9. The Hall–Kier alpha value is -2.08. The van der Waals surface area contributed by atoms with Crippen LogP contribution in [-0.2, 0) is 0 Å². The maximum absolute atomic E-state index is 12.1. The van der Waals surface area contributed by atoms with Crippen LogP contribution in [0.3, 0.4) is 0 Å². The highest BCUT2D eigenvalue weighted by Gasteiger charge is 2.26. The number of carbonyl (C=O) groups excluding carboxylic acids is 1. The summed E-state index contributed by atoms with van der Waals surface area (Å²) in [6.45, 7) is 0. The number of furan rings is 1. The third-order valence-corrected chi connectivity index (χ3v) is 3.55. The summed E-state index contributed by atoms with van der Waals surface area (Å²) >= 11 is 0. The third kappa shape index (κ3) is 2.60. The molecule has 2 aromatic rings. The lowest BCUT2D eigenvalue weighted by molar-refractivity contribution is 0.0711. The van der Waals surface area contributed by atoms with Crippen LogP contribution >= 0.6 is 0 Å². The van der Waals surface area contributed by atoms with Crippen molar-refractivity contribution in [3.05, 3.63) is 30.2 Å². The largest absolute Gasteiger partial charge is 0.461 e. The van der Waals surface area contributed by atoms with Gasteiger partial charge in [0.25, 0.3) is 5.91 Å². The molecule has 1 aliphatic rings. The van der Waals surface area contributed by atoms with Crippen LogP contribution in [0.15, 0.2) is 33.4 Å². The molecule has 0 saturated heterocycles. The van der Waals surface area contributed by atoms with Crippen LogP contribution in [-0.4, -0.2) is 28.3 Å². The Labute approximate surface area is 115 Å². The van der Waals surface area contributed by atoms with Crippen molar-refractivity contribution in [1.29, 1.82) is 0 Å². The molecule has 2 aromatic heterocycles. The summed E-state index contributed by atoms with van der Waals surface area (Å²) < 4.78 is 10.3. The summed E-state index contributed by atoms with van der Waals surface area (Å²) in [6.07, 6.45) is 4.57. The first-order valence-corrected chi connectivity index (χ1v) is 6.73. The van der Waals surface area contributed by atoms with Gasteiger partial charge in [0.2, 0.25) is 5.76 Å². The van der Waals surface area contributed by atoms with Crippen LogP contribution < -0.4 is 5.32 Å². The maximum Gasteiger partial charge on any atom is 0.273 e. The molecule has 3 rings (SSSR count). The molecular weight excluding hydrogens is 260 g/mol. The summed E-state index contributed by atoms with van der Waals surface area (Å²) in [5.41, 5.74) is 0.189. The molecule has 1 amide bonds. The number of aliphatic hydroxyl groups excluding tert-OH is 1. The van der Waals surface area contributed by atoms with E-state index in [9.17, 15) is 9.90 Å². The molecule has 0 bridgehead atoms. The second-order valence-corrected chi connectivity index (χ2v) is 4.99. The molecule has 0 unspecified atom stereocenters. The van der Waals surface area contributed by atoms with E-state index in [4.69, 9.17) is 8.94 Å². The molecule has 0 aromatic carbocycles. The minimum atomic E-state index is -0.482. The predicted molar refractivity (Wildman–Crippen MR) is 69.9 cm³/mol. The summed E-state index contributed by atoms with van der Waals surface area (Å²) in [5, 5.41) is 16.4. The zero-order chi connectivity index (χ0) is 13.9. The van der Waals surface area contributed by atoms with Crippen molar-refractivity contribution in [1.82, 2.24) is 10.5 Å². The van der Waals surface area contributed by atoms with Crippen LogP contribution in [0, 0.1) is 0 Å².